The number of carbonyl (C=O) groups is 2. The van der Waals surface area contributed by atoms with Gasteiger partial charge in [0.15, 0.2) is 0 Å². The highest BCUT2D eigenvalue weighted by molar-refractivity contribution is 6.07. The van der Waals surface area contributed by atoms with Crippen LogP contribution in [0.2, 0.25) is 0 Å². The third kappa shape index (κ3) is 5.21. The summed E-state index contributed by atoms with van der Waals surface area (Å²) in [6.45, 7) is 6.75. The molecule has 0 heterocycles. The van der Waals surface area contributed by atoms with Crippen molar-refractivity contribution in [1.29, 1.82) is 5.26 Å². The SMILES string of the molecule is Cc1cccc(C(C)C)c1NC(=O)/C(C#N)=C\N(C=O)CCCN. The lowest BCUT2D eigenvalue weighted by atomic mass is 9.98. The van der Waals surface area contributed by atoms with Crippen LogP contribution in [0.5, 0.6) is 0 Å². The lowest BCUT2D eigenvalue weighted by molar-refractivity contribution is -0.116. The van der Waals surface area contributed by atoms with Crippen molar-refractivity contribution in [2.24, 2.45) is 5.73 Å². The fraction of sp³-hybridized carbons (Fsp3) is 0.389. The highest BCUT2D eigenvalue weighted by Gasteiger charge is 2.16. The van der Waals surface area contributed by atoms with Crippen LogP contribution < -0.4 is 11.1 Å². The number of rotatable bonds is 8. The number of para-hydroxylation sites is 1. The third-order valence-electron chi connectivity index (χ3n) is 3.58. The van der Waals surface area contributed by atoms with Crippen LogP contribution in [0.15, 0.2) is 30.0 Å². The second-order valence-electron chi connectivity index (χ2n) is 5.79. The molecular weight excluding hydrogens is 304 g/mol. The Bertz CT molecular complexity index is 659. The molecule has 0 fully saturated rings. The Labute approximate surface area is 142 Å². The van der Waals surface area contributed by atoms with Gasteiger partial charge in [-0.1, -0.05) is 32.0 Å². The number of nitrogens with two attached hydrogens (primary N) is 1. The molecule has 0 aliphatic heterocycles. The minimum Gasteiger partial charge on any atom is -0.330 e. The first-order valence-electron chi connectivity index (χ1n) is 7.88. The Hall–Kier alpha value is -2.65. The fourth-order valence-corrected chi connectivity index (χ4v) is 2.25. The van der Waals surface area contributed by atoms with Crippen molar-refractivity contribution in [2.45, 2.75) is 33.1 Å². The zero-order chi connectivity index (χ0) is 18.1. The second-order valence-corrected chi connectivity index (χ2v) is 5.79. The first-order chi connectivity index (χ1) is 11.4. The number of aryl methyl sites for hydroxylation is 1. The summed E-state index contributed by atoms with van der Waals surface area (Å²) in [5, 5.41) is 12.0. The summed E-state index contributed by atoms with van der Waals surface area (Å²) in [5.41, 5.74) is 7.90. The molecule has 2 amide bonds. The Morgan fingerprint density at radius 1 is 1.46 bits per heavy atom. The van der Waals surface area contributed by atoms with Crippen molar-refractivity contribution < 1.29 is 9.59 Å². The average molecular weight is 328 g/mol. The number of amides is 2. The van der Waals surface area contributed by atoms with Crippen molar-refractivity contribution in [3.8, 4) is 6.07 Å². The van der Waals surface area contributed by atoms with E-state index >= 15 is 0 Å². The number of nitriles is 1. The maximum Gasteiger partial charge on any atom is 0.267 e. The minimum absolute atomic E-state index is 0.128. The van der Waals surface area contributed by atoms with Crippen molar-refractivity contribution in [3.05, 3.63) is 41.1 Å². The molecule has 24 heavy (non-hydrogen) atoms. The number of hydrogen-bond acceptors (Lipinski definition) is 4. The van der Waals surface area contributed by atoms with Gasteiger partial charge in [-0.2, -0.15) is 5.26 Å². The molecule has 3 N–H and O–H groups in total. The summed E-state index contributed by atoms with van der Waals surface area (Å²) in [4.78, 5) is 24.7. The molecule has 0 radical (unpaired) electrons. The molecular formula is C18H24N4O2. The van der Waals surface area contributed by atoms with Gasteiger partial charge in [0.25, 0.3) is 5.91 Å². The van der Waals surface area contributed by atoms with Gasteiger partial charge in [-0.25, -0.2) is 0 Å². The van der Waals surface area contributed by atoms with Gasteiger partial charge in [-0.15, -0.1) is 0 Å². The van der Waals surface area contributed by atoms with E-state index < -0.39 is 5.91 Å². The van der Waals surface area contributed by atoms with Crippen molar-refractivity contribution in [2.75, 3.05) is 18.4 Å². The Balaban J connectivity index is 3.05. The van der Waals surface area contributed by atoms with Gasteiger partial charge in [0.05, 0.1) is 0 Å². The van der Waals surface area contributed by atoms with Crippen LogP contribution in [0.4, 0.5) is 5.69 Å². The van der Waals surface area contributed by atoms with E-state index in [9.17, 15) is 14.9 Å². The molecule has 0 saturated heterocycles. The van der Waals surface area contributed by atoms with Gasteiger partial charge in [-0.05, 0) is 36.9 Å². The zero-order valence-electron chi connectivity index (χ0n) is 14.4. The smallest absolute Gasteiger partial charge is 0.267 e. The molecule has 1 rings (SSSR count). The van der Waals surface area contributed by atoms with E-state index in [0.29, 0.717) is 31.6 Å². The molecule has 128 valence electrons. The number of anilines is 1. The second kappa shape index (κ2) is 9.48. The van der Waals surface area contributed by atoms with E-state index in [1.54, 1.807) is 0 Å². The van der Waals surface area contributed by atoms with E-state index in [2.05, 4.69) is 5.32 Å². The molecule has 0 aliphatic rings. The number of carbonyl (C=O) groups excluding carboxylic acids is 2. The van der Waals surface area contributed by atoms with E-state index in [1.807, 2.05) is 45.0 Å². The predicted octanol–water partition coefficient (Wildman–Crippen LogP) is 2.27. The standard InChI is InChI=1S/C18H24N4O2/c1-13(2)16-7-4-6-14(3)17(16)21-18(24)15(10-20)11-22(12-23)9-5-8-19/h4,6-7,11-13H,5,8-9,19H2,1-3H3,(H,21,24)/b15-11-. The van der Waals surface area contributed by atoms with Crippen LogP contribution >= 0.6 is 0 Å². The van der Waals surface area contributed by atoms with Crippen LogP contribution in [-0.4, -0.2) is 30.3 Å². The van der Waals surface area contributed by atoms with E-state index in [4.69, 9.17) is 5.73 Å². The summed E-state index contributed by atoms with van der Waals surface area (Å²) < 4.78 is 0. The van der Waals surface area contributed by atoms with Gasteiger partial charge in [-0.3, -0.25) is 9.59 Å². The Kier molecular flexibility index (Phi) is 7.66. The lowest BCUT2D eigenvalue weighted by Gasteiger charge is -2.17. The van der Waals surface area contributed by atoms with Crippen LogP contribution in [0, 0.1) is 18.3 Å². The van der Waals surface area contributed by atoms with Gasteiger partial charge in [0, 0.05) is 18.4 Å². The molecule has 0 bridgehead atoms. The minimum atomic E-state index is -0.534. The first-order valence-corrected chi connectivity index (χ1v) is 7.88. The molecule has 6 heteroatoms. The van der Waals surface area contributed by atoms with E-state index in [1.165, 1.54) is 11.1 Å². The Morgan fingerprint density at radius 3 is 2.71 bits per heavy atom. The predicted molar refractivity (Wildman–Crippen MR) is 94.0 cm³/mol. The first kappa shape index (κ1) is 19.4. The number of nitrogens with one attached hydrogen (secondary N) is 1. The summed E-state index contributed by atoms with van der Waals surface area (Å²) in [6, 6.07) is 7.63. The third-order valence-corrected chi connectivity index (χ3v) is 3.58. The maximum atomic E-state index is 12.4. The highest BCUT2D eigenvalue weighted by atomic mass is 16.2. The molecule has 6 nitrogen and oxygen atoms in total. The highest BCUT2D eigenvalue weighted by Crippen LogP contribution is 2.27. The van der Waals surface area contributed by atoms with Crippen LogP contribution in [0.25, 0.3) is 0 Å². The summed E-state index contributed by atoms with van der Waals surface area (Å²) in [6.07, 6.45) is 2.42. The van der Waals surface area contributed by atoms with Gasteiger partial charge >= 0.3 is 0 Å². The van der Waals surface area contributed by atoms with Crippen LogP contribution in [0.1, 0.15) is 37.3 Å². The molecule has 0 unspecified atom stereocenters. The molecule has 0 atom stereocenters. The summed E-state index contributed by atoms with van der Waals surface area (Å²) in [5.74, 6) is -0.306. The van der Waals surface area contributed by atoms with Crippen LogP contribution in [0.3, 0.4) is 0 Å². The van der Waals surface area contributed by atoms with Gasteiger partial charge < -0.3 is 16.0 Å². The van der Waals surface area contributed by atoms with Crippen molar-refractivity contribution in [3.63, 3.8) is 0 Å². The van der Waals surface area contributed by atoms with Gasteiger partial charge in [0.1, 0.15) is 11.6 Å². The molecule has 0 aromatic heterocycles. The lowest BCUT2D eigenvalue weighted by Crippen LogP contribution is -2.23. The van der Waals surface area contributed by atoms with E-state index in [0.717, 1.165) is 11.1 Å². The van der Waals surface area contributed by atoms with Gasteiger partial charge in [0.2, 0.25) is 6.41 Å². The number of hydrogen-bond donors (Lipinski definition) is 2. The monoisotopic (exact) mass is 328 g/mol. The molecule has 1 aromatic rings. The normalized spacial score (nSPS) is 11.1. The fourth-order valence-electron chi connectivity index (χ4n) is 2.25. The maximum absolute atomic E-state index is 12.4. The Morgan fingerprint density at radius 2 is 2.17 bits per heavy atom. The number of nitrogens with zero attached hydrogens (tertiary/aromatic N) is 2. The molecule has 0 spiro atoms. The average Bonchev–Trinajstić information content (AvgIpc) is 2.56. The zero-order valence-corrected chi connectivity index (χ0v) is 14.4. The molecule has 0 saturated carbocycles. The molecule has 1 aromatic carbocycles. The van der Waals surface area contributed by atoms with Crippen molar-refractivity contribution in [1.82, 2.24) is 4.90 Å². The summed E-state index contributed by atoms with van der Waals surface area (Å²) in [7, 11) is 0. The number of benzene rings is 1. The van der Waals surface area contributed by atoms with E-state index in [-0.39, 0.29) is 11.5 Å². The quantitative estimate of drug-likeness (QED) is 0.434. The van der Waals surface area contributed by atoms with Crippen molar-refractivity contribution >= 4 is 18.0 Å². The largest absolute Gasteiger partial charge is 0.330 e. The van der Waals surface area contributed by atoms with Crippen LogP contribution in [-0.2, 0) is 9.59 Å². The molecule has 0 aliphatic carbocycles. The summed E-state index contributed by atoms with van der Waals surface area (Å²) >= 11 is 0. The topological polar surface area (TPSA) is 99.2 Å².